The largest absolute Gasteiger partial charge is 0.481 e. The van der Waals surface area contributed by atoms with Gasteiger partial charge in [0.1, 0.15) is 0 Å². The number of aliphatic carboxylic acids is 1. The summed E-state index contributed by atoms with van der Waals surface area (Å²) >= 11 is 0. The van der Waals surface area contributed by atoms with Gasteiger partial charge in [-0.05, 0) is 32.2 Å². The molecule has 102 valence electrons. The smallest absolute Gasteiger partial charge is 0.311 e. The third-order valence-corrected chi connectivity index (χ3v) is 4.24. The molecule has 1 heterocycles. The number of hydrogen-bond acceptors (Lipinski definition) is 3. The molecule has 1 saturated carbocycles. The lowest BCUT2D eigenvalue weighted by molar-refractivity contribution is -0.148. The molecule has 0 bridgehead atoms. The Morgan fingerprint density at radius 2 is 1.94 bits per heavy atom. The molecule has 0 aromatic heterocycles. The summed E-state index contributed by atoms with van der Waals surface area (Å²) in [6.45, 7) is 1.15. The van der Waals surface area contributed by atoms with E-state index in [1.165, 1.54) is 0 Å². The Hall–Kier alpha value is -1.10. The van der Waals surface area contributed by atoms with Crippen LogP contribution in [0.1, 0.15) is 44.9 Å². The minimum absolute atomic E-state index is 0.0396. The van der Waals surface area contributed by atoms with Gasteiger partial charge in [-0.2, -0.15) is 0 Å². The molecule has 3 N–H and O–H groups in total. The van der Waals surface area contributed by atoms with Crippen molar-refractivity contribution in [1.82, 2.24) is 10.6 Å². The summed E-state index contributed by atoms with van der Waals surface area (Å²) in [5, 5.41) is 15.3. The first-order chi connectivity index (χ1) is 8.64. The Morgan fingerprint density at radius 1 is 1.22 bits per heavy atom. The SMILES string of the molecule is O=C(NCC1(C(=O)O)CCCC1)[C@@H]1CCCCN1. The third kappa shape index (κ3) is 2.83. The van der Waals surface area contributed by atoms with E-state index < -0.39 is 11.4 Å². The number of rotatable bonds is 4. The number of hydrogen-bond donors (Lipinski definition) is 3. The minimum atomic E-state index is -0.767. The Balaban J connectivity index is 1.85. The molecule has 1 amide bonds. The highest BCUT2D eigenvalue weighted by atomic mass is 16.4. The van der Waals surface area contributed by atoms with Gasteiger partial charge in [0, 0.05) is 6.54 Å². The molecule has 2 rings (SSSR count). The van der Waals surface area contributed by atoms with E-state index in [1.54, 1.807) is 0 Å². The molecule has 5 nitrogen and oxygen atoms in total. The third-order valence-electron chi connectivity index (χ3n) is 4.24. The monoisotopic (exact) mass is 254 g/mol. The molecule has 2 aliphatic rings. The van der Waals surface area contributed by atoms with E-state index in [2.05, 4.69) is 10.6 Å². The molecule has 1 saturated heterocycles. The quantitative estimate of drug-likeness (QED) is 0.696. The van der Waals surface area contributed by atoms with E-state index in [-0.39, 0.29) is 18.5 Å². The zero-order valence-corrected chi connectivity index (χ0v) is 10.7. The van der Waals surface area contributed by atoms with E-state index in [0.717, 1.165) is 38.6 Å². The standard InChI is InChI=1S/C13H22N2O3/c16-11(10-5-1-4-8-14-10)15-9-13(12(17)18)6-2-3-7-13/h10,14H,1-9H2,(H,15,16)(H,17,18)/t10-/m0/s1. The van der Waals surface area contributed by atoms with Crippen molar-refractivity contribution in [2.45, 2.75) is 51.0 Å². The van der Waals surface area contributed by atoms with Crippen LogP contribution in [0, 0.1) is 5.41 Å². The predicted octanol–water partition coefficient (Wildman–Crippen LogP) is 0.890. The molecular weight excluding hydrogens is 232 g/mol. The predicted molar refractivity (Wildman–Crippen MR) is 67.2 cm³/mol. The molecule has 0 radical (unpaired) electrons. The molecule has 0 spiro atoms. The molecule has 0 unspecified atom stereocenters. The summed E-state index contributed by atoms with van der Waals surface area (Å²) in [5.41, 5.74) is -0.718. The summed E-state index contributed by atoms with van der Waals surface area (Å²) in [4.78, 5) is 23.3. The van der Waals surface area contributed by atoms with Crippen molar-refractivity contribution in [2.75, 3.05) is 13.1 Å². The van der Waals surface area contributed by atoms with Crippen LogP contribution >= 0.6 is 0 Å². The average Bonchev–Trinajstić information content (AvgIpc) is 2.87. The number of carbonyl (C=O) groups is 2. The second-order valence-electron chi connectivity index (χ2n) is 5.51. The van der Waals surface area contributed by atoms with Crippen molar-refractivity contribution >= 4 is 11.9 Å². The number of carbonyl (C=O) groups excluding carboxylic acids is 1. The fourth-order valence-electron chi connectivity index (χ4n) is 2.97. The van der Waals surface area contributed by atoms with Crippen LogP contribution in [0.2, 0.25) is 0 Å². The van der Waals surface area contributed by atoms with Gasteiger partial charge in [0.05, 0.1) is 11.5 Å². The Morgan fingerprint density at radius 3 is 2.50 bits per heavy atom. The maximum Gasteiger partial charge on any atom is 0.311 e. The zero-order valence-electron chi connectivity index (χ0n) is 10.7. The van der Waals surface area contributed by atoms with Crippen molar-refractivity contribution in [2.24, 2.45) is 5.41 Å². The Kier molecular flexibility index (Phi) is 4.22. The van der Waals surface area contributed by atoms with Crippen LogP contribution in [0.5, 0.6) is 0 Å². The lowest BCUT2D eigenvalue weighted by Gasteiger charge is -2.27. The second-order valence-corrected chi connectivity index (χ2v) is 5.51. The number of amides is 1. The molecule has 1 aliphatic heterocycles. The van der Waals surface area contributed by atoms with Gasteiger partial charge >= 0.3 is 5.97 Å². The average molecular weight is 254 g/mol. The summed E-state index contributed by atoms with van der Waals surface area (Å²) in [5.74, 6) is -0.806. The van der Waals surface area contributed by atoms with Gasteiger partial charge in [0.25, 0.3) is 0 Å². The molecule has 5 heteroatoms. The molecular formula is C13H22N2O3. The van der Waals surface area contributed by atoms with Gasteiger partial charge in [-0.25, -0.2) is 0 Å². The summed E-state index contributed by atoms with van der Waals surface area (Å²) in [7, 11) is 0. The normalized spacial score (nSPS) is 26.8. The minimum Gasteiger partial charge on any atom is -0.481 e. The Bertz CT molecular complexity index is 318. The maximum atomic E-state index is 12.0. The highest BCUT2D eigenvalue weighted by Crippen LogP contribution is 2.37. The van der Waals surface area contributed by atoms with Gasteiger partial charge in [-0.1, -0.05) is 19.3 Å². The van der Waals surface area contributed by atoms with E-state index in [4.69, 9.17) is 0 Å². The van der Waals surface area contributed by atoms with Crippen molar-refractivity contribution in [3.63, 3.8) is 0 Å². The van der Waals surface area contributed by atoms with E-state index in [1.807, 2.05) is 0 Å². The first kappa shape index (κ1) is 13.3. The molecule has 1 aliphatic carbocycles. The number of nitrogens with one attached hydrogen (secondary N) is 2. The van der Waals surface area contributed by atoms with Crippen LogP contribution in [-0.2, 0) is 9.59 Å². The number of piperidine rings is 1. The lowest BCUT2D eigenvalue weighted by Crippen LogP contribution is -2.50. The van der Waals surface area contributed by atoms with E-state index in [0.29, 0.717) is 12.8 Å². The summed E-state index contributed by atoms with van der Waals surface area (Å²) < 4.78 is 0. The fourth-order valence-corrected chi connectivity index (χ4v) is 2.97. The number of carboxylic acid groups (broad SMARTS) is 1. The highest BCUT2D eigenvalue weighted by molar-refractivity contribution is 5.83. The Labute approximate surface area is 107 Å². The van der Waals surface area contributed by atoms with Crippen molar-refractivity contribution < 1.29 is 14.7 Å². The molecule has 2 fully saturated rings. The highest BCUT2D eigenvalue weighted by Gasteiger charge is 2.41. The second kappa shape index (κ2) is 5.69. The van der Waals surface area contributed by atoms with Gasteiger partial charge in [0.2, 0.25) is 5.91 Å². The maximum absolute atomic E-state index is 12.0. The van der Waals surface area contributed by atoms with Crippen LogP contribution in [0.15, 0.2) is 0 Å². The molecule has 1 atom stereocenters. The first-order valence-electron chi connectivity index (χ1n) is 6.89. The van der Waals surface area contributed by atoms with Crippen LogP contribution in [0.4, 0.5) is 0 Å². The fraction of sp³-hybridized carbons (Fsp3) is 0.846. The first-order valence-corrected chi connectivity index (χ1v) is 6.89. The van der Waals surface area contributed by atoms with E-state index in [9.17, 15) is 14.7 Å². The molecule has 18 heavy (non-hydrogen) atoms. The van der Waals surface area contributed by atoms with Gasteiger partial charge in [-0.15, -0.1) is 0 Å². The molecule has 0 aromatic carbocycles. The van der Waals surface area contributed by atoms with Crippen LogP contribution in [-0.4, -0.2) is 36.1 Å². The lowest BCUT2D eigenvalue weighted by atomic mass is 9.86. The van der Waals surface area contributed by atoms with Gasteiger partial charge in [0.15, 0.2) is 0 Å². The van der Waals surface area contributed by atoms with Crippen LogP contribution < -0.4 is 10.6 Å². The summed E-state index contributed by atoms with van der Waals surface area (Å²) in [6, 6.07) is -0.133. The summed E-state index contributed by atoms with van der Waals surface area (Å²) in [6.07, 6.45) is 6.29. The number of carboxylic acids is 1. The van der Waals surface area contributed by atoms with Gasteiger partial charge in [-0.3, -0.25) is 9.59 Å². The van der Waals surface area contributed by atoms with E-state index >= 15 is 0 Å². The zero-order chi connectivity index (χ0) is 13.0. The van der Waals surface area contributed by atoms with Crippen LogP contribution in [0.25, 0.3) is 0 Å². The van der Waals surface area contributed by atoms with Gasteiger partial charge < -0.3 is 15.7 Å². The van der Waals surface area contributed by atoms with Crippen molar-refractivity contribution in [1.29, 1.82) is 0 Å². The van der Waals surface area contributed by atoms with Crippen molar-refractivity contribution in [3.8, 4) is 0 Å². The molecule has 0 aromatic rings. The van der Waals surface area contributed by atoms with Crippen LogP contribution in [0.3, 0.4) is 0 Å². The topological polar surface area (TPSA) is 78.4 Å². The van der Waals surface area contributed by atoms with Crippen molar-refractivity contribution in [3.05, 3.63) is 0 Å².